The number of halogens is 1. The second-order valence-corrected chi connectivity index (χ2v) is 7.93. The molecule has 7 nitrogen and oxygen atoms in total. The molecule has 0 spiro atoms. The van der Waals surface area contributed by atoms with Gasteiger partial charge in [-0.05, 0) is 53.9 Å². The number of thioether (sulfide) groups is 1. The third-order valence-electron chi connectivity index (χ3n) is 4.75. The summed E-state index contributed by atoms with van der Waals surface area (Å²) in [4.78, 5) is 12.0. The van der Waals surface area contributed by atoms with Crippen molar-refractivity contribution in [2.75, 3.05) is 13.0 Å². The first kappa shape index (κ1) is 20.3. The van der Waals surface area contributed by atoms with E-state index in [1.807, 2.05) is 43.3 Å². The van der Waals surface area contributed by atoms with Crippen LogP contribution in [0.1, 0.15) is 18.1 Å². The number of fused-ring (bicyclic) bond motifs is 1. The van der Waals surface area contributed by atoms with Crippen LogP contribution in [0.4, 0.5) is 0 Å². The molecule has 0 saturated carbocycles. The Morgan fingerprint density at radius 1 is 1.17 bits per heavy atom. The van der Waals surface area contributed by atoms with Crippen LogP contribution in [0.3, 0.4) is 0 Å². The highest BCUT2D eigenvalue weighted by atomic mass is 35.5. The number of hydrogen-bond donors (Lipinski definition) is 1. The molecule has 0 aliphatic rings. The molecule has 0 fully saturated rings. The van der Waals surface area contributed by atoms with Crippen molar-refractivity contribution in [3.05, 3.63) is 69.0 Å². The van der Waals surface area contributed by atoms with Crippen LogP contribution in [0.5, 0.6) is 5.75 Å². The van der Waals surface area contributed by atoms with Gasteiger partial charge in [0.1, 0.15) is 11.3 Å². The zero-order valence-electron chi connectivity index (χ0n) is 16.4. The van der Waals surface area contributed by atoms with Crippen molar-refractivity contribution in [2.45, 2.75) is 24.3 Å². The molecule has 0 aliphatic heterocycles. The SMILES string of the molecule is CCc1cc2oc(=O)cc(CSc3nnc(-c4ccc(OC)cc4)n3N)c2cc1Cl. The van der Waals surface area contributed by atoms with Gasteiger partial charge in [0.15, 0.2) is 5.82 Å². The first-order valence-corrected chi connectivity index (χ1v) is 10.6. The minimum atomic E-state index is -0.407. The Morgan fingerprint density at radius 3 is 2.63 bits per heavy atom. The molecule has 0 radical (unpaired) electrons. The lowest BCUT2D eigenvalue weighted by Crippen LogP contribution is -2.11. The number of benzene rings is 2. The molecule has 9 heteroatoms. The van der Waals surface area contributed by atoms with E-state index in [9.17, 15) is 4.79 Å². The van der Waals surface area contributed by atoms with E-state index in [-0.39, 0.29) is 0 Å². The lowest BCUT2D eigenvalue weighted by molar-refractivity contribution is 0.415. The van der Waals surface area contributed by atoms with Crippen LogP contribution >= 0.6 is 23.4 Å². The Bertz CT molecular complexity index is 1270. The van der Waals surface area contributed by atoms with E-state index in [1.54, 1.807) is 7.11 Å². The Kier molecular flexibility index (Phi) is 5.69. The van der Waals surface area contributed by atoms with Gasteiger partial charge >= 0.3 is 5.63 Å². The Labute approximate surface area is 181 Å². The van der Waals surface area contributed by atoms with Crippen molar-refractivity contribution >= 4 is 34.3 Å². The second-order valence-electron chi connectivity index (χ2n) is 6.58. The summed E-state index contributed by atoms with van der Waals surface area (Å²) in [5.41, 5.74) is 2.66. The minimum Gasteiger partial charge on any atom is -0.497 e. The molecule has 2 aromatic carbocycles. The summed E-state index contributed by atoms with van der Waals surface area (Å²) in [7, 11) is 1.61. The quantitative estimate of drug-likeness (QED) is 0.270. The summed E-state index contributed by atoms with van der Waals surface area (Å²) in [6, 6.07) is 12.5. The molecular weight excluding hydrogens is 424 g/mol. The summed E-state index contributed by atoms with van der Waals surface area (Å²) in [5, 5.41) is 10.4. The topological polar surface area (TPSA) is 96.2 Å². The molecule has 4 aromatic rings. The summed E-state index contributed by atoms with van der Waals surface area (Å²) in [6.45, 7) is 2.00. The van der Waals surface area contributed by atoms with Gasteiger partial charge in [0.25, 0.3) is 0 Å². The van der Waals surface area contributed by atoms with Crippen molar-refractivity contribution in [1.29, 1.82) is 0 Å². The maximum atomic E-state index is 12.0. The molecule has 2 aromatic heterocycles. The number of nitrogens with zero attached hydrogens (tertiary/aromatic N) is 3. The highest BCUT2D eigenvalue weighted by Gasteiger charge is 2.15. The van der Waals surface area contributed by atoms with Gasteiger partial charge in [-0.2, -0.15) is 0 Å². The fourth-order valence-corrected chi connectivity index (χ4v) is 4.28. The van der Waals surface area contributed by atoms with Crippen molar-refractivity contribution in [3.8, 4) is 17.1 Å². The minimum absolute atomic E-state index is 0.407. The Hall–Kier alpha value is -2.97. The van der Waals surface area contributed by atoms with E-state index in [0.717, 1.165) is 34.2 Å². The van der Waals surface area contributed by atoms with E-state index in [0.29, 0.717) is 27.3 Å². The standard InChI is InChI=1S/C21H19ClN4O3S/c1-3-12-8-18-16(10-17(12)22)14(9-19(27)29-18)11-30-21-25-24-20(26(21)23)13-4-6-15(28-2)7-5-13/h4-10H,3,11,23H2,1-2H3. The van der Waals surface area contributed by atoms with E-state index < -0.39 is 5.63 Å². The molecule has 2 N–H and O–H groups in total. The van der Waals surface area contributed by atoms with Gasteiger partial charge in [0, 0.05) is 27.8 Å². The number of aryl methyl sites for hydroxylation is 1. The zero-order chi connectivity index (χ0) is 21.3. The van der Waals surface area contributed by atoms with Gasteiger partial charge in [-0.3, -0.25) is 0 Å². The van der Waals surface area contributed by atoms with Gasteiger partial charge in [-0.15, -0.1) is 10.2 Å². The average Bonchev–Trinajstić information content (AvgIpc) is 3.12. The lowest BCUT2D eigenvalue weighted by Gasteiger charge is -2.08. The number of nitrogen functional groups attached to an aromatic ring is 1. The fraction of sp³-hybridized carbons (Fsp3) is 0.190. The monoisotopic (exact) mass is 442 g/mol. The second kappa shape index (κ2) is 8.41. The predicted molar refractivity (Wildman–Crippen MR) is 119 cm³/mol. The third-order valence-corrected chi connectivity index (χ3v) is 6.09. The van der Waals surface area contributed by atoms with Crippen molar-refractivity contribution in [2.24, 2.45) is 0 Å². The van der Waals surface area contributed by atoms with E-state index >= 15 is 0 Å². The number of hydrogen-bond acceptors (Lipinski definition) is 7. The van der Waals surface area contributed by atoms with Crippen molar-refractivity contribution < 1.29 is 9.15 Å². The number of rotatable bonds is 6. The third kappa shape index (κ3) is 3.88. The highest BCUT2D eigenvalue weighted by Crippen LogP contribution is 2.30. The molecule has 4 rings (SSSR count). The molecular formula is C21H19ClN4O3S. The van der Waals surface area contributed by atoms with Gasteiger partial charge < -0.3 is 15.0 Å². The van der Waals surface area contributed by atoms with E-state index in [1.165, 1.54) is 22.5 Å². The molecule has 2 heterocycles. The van der Waals surface area contributed by atoms with Gasteiger partial charge in [0.2, 0.25) is 5.16 Å². The first-order chi connectivity index (χ1) is 14.5. The summed E-state index contributed by atoms with van der Waals surface area (Å²) < 4.78 is 12.0. The number of ether oxygens (including phenoxy) is 1. The van der Waals surface area contributed by atoms with Crippen LogP contribution in [-0.2, 0) is 12.2 Å². The molecule has 0 saturated heterocycles. The van der Waals surface area contributed by atoms with Gasteiger partial charge in [-0.25, -0.2) is 9.47 Å². The maximum absolute atomic E-state index is 12.0. The van der Waals surface area contributed by atoms with E-state index in [4.69, 9.17) is 26.6 Å². The number of methoxy groups -OCH3 is 1. The van der Waals surface area contributed by atoms with Crippen LogP contribution in [0, 0.1) is 0 Å². The normalized spacial score (nSPS) is 11.2. The molecule has 0 atom stereocenters. The van der Waals surface area contributed by atoms with Gasteiger partial charge in [-0.1, -0.05) is 30.3 Å². The molecule has 30 heavy (non-hydrogen) atoms. The molecule has 0 aliphatic carbocycles. The molecule has 154 valence electrons. The smallest absolute Gasteiger partial charge is 0.336 e. The van der Waals surface area contributed by atoms with Crippen LogP contribution in [0.25, 0.3) is 22.4 Å². The Morgan fingerprint density at radius 2 is 1.93 bits per heavy atom. The number of nitrogens with two attached hydrogens (primary N) is 1. The summed E-state index contributed by atoms with van der Waals surface area (Å²) in [6.07, 6.45) is 0.752. The van der Waals surface area contributed by atoms with Crippen molar-refractivity contribution in [1.82, 2.24) is 14.9 Å². The zero-order valence-corrected chi connectivity index (χ0v) is 18.0. The molecule has 0 unspecified atom stereocenters. The fourth-order valence-electron chi connectivity index (χ4n) is 3.13. The average molecular weight is 443 g/mol. The maximum Gasteiger partial charge on any atom is 0.336 e. The van der Waals surface area contributed by atoms with Crippen LogP contribution in [-0.4, -0.2) is 22.0 Å². The number of aromatic nitrogens is 3. The van der Waals surface area contributed by atoms with Crippen LogP contribution in [0.15, 0.2) is 56.8 Å². The Balaban J connectivity index is 1.62. The van der Waals surface area contributed by atoms with Crippen LogP contribution < -0.4 is 16.2 Å². The highest BCUT2D eigenvalue weighted by molar-refractivity contribution is 7.98. The lowest BCUT2D eigenvalue weighted by atomic mass is 10.1. The summed E-state index contributed by atoms with van der Waals surface area (Å²) in [5.74, 6) is 7.95. The van der Waals surface area contributed by atoms with Crippen LogP contribution in [0.2, 0.25) is 5.02 Å². The summed E-state index contributed by atoms with van der Waals surface area (Å²) >= 11 is 7.75. The van der Waals surface area contributed by atoms with Gasteiger partial charge in [0.05, 0.1) is 7.11 Å². The first-order valence-electron chi connectivity index (χ1n) is 9.23. The predicted octanol–water partition coefficient (Wildman–Crippen LogP) is 4.28. The largest absolute Gasteiger partial charge is 0.497 e. The van der Waals surface area contributed by atoms with Crippen molar-refractivity contribution in [3.63, 3.8) is 0 Å². The molecule has 0 bridgehead atoms. The van der Waals surface area contributed by atoms with E-state index in [2.05, 4.69) is 10.2 Å². The molecule has 0 amide bonds.